The highest BCUT2D eigenvalue weighted by Gasteiger charge is 2.13. The number of hydrogen-bond donors (Lipinski definition) is 6. The van der Waals surface area contributed by atoms with Crippen molar-refractivity contribution in [1.29, 1.82) is 0 Å². The first kappa shape index (κ1) is 16.8. The van der Waals surface area contributed by atoms with Crippen LogP contribution in [0.2, 0.25) is 0 Å². The van der Waals surface area contributed by atoms with E-state index in [0.717, 1.165) is 0 Å². The second-order valence-corrected chi connectivity index (χ2v) is 4.25. The van der Waals surface area contributed by atoms with E-state index in [-0.39, 0.29) is 23.9 Å². The summed E-state index contributed by atoms with van der Waals surface area (Å²) >= 11 is 0. The molecule has 0 aliphatic carbocycles. The third-order valence-electron chi connectivity index (χ3n) is 2.75. The van der Waals surface area contributed by atoms with Crippen LogP contribution in [0.15, 0.2) is 0 Å². The second-order valence-electron chi connectivity index (χ2n) is 4.25. The fraction of sp³-hybridized carbons (Fsp3) is 0.800. The van der Waals surface area contributed by atoms with Gasteiger partial charge in [-0.25, -0.2) is 11.7 Å². The lowest BCUT2D eigenvalue weighted by molar-refractivity contribution is -0.122. The topological polar surface area (TPSA) is 162 Å². The molecule has 0 aromatic carbocycles. The first-order chi connectivity index (χ1) is 8.51. The zero-order valence-electron chi connectivity index (χ0n) is 10.5. The highest BCUT2D eigenvalue weighted by molar-refractivity contribution is 5.75. The maximum Gasteiger partial charge on any atom is 0.233 e. The molecule has 106 valence electrons. The molecule has 2 atom stereocenters. The van der Waals surface area contributed by atoms with Crippen LogP contribution >= 0.6 is 0 Å². The molecule has 0 bridgehead atoms. The minimum absolute atomic E-state index is 0.184. The van der Waals surface area contributed by atoms with E-state index in [1.165, 1.54) is 0 Å². The Bertz CT molecular complexity index is 235. The van der Waals surface area contributed by atoms with E-state index in [4.69, 9.17) is 23.2 Å². The first-order valence-corrected chi connectivity index (χ1v) is 6.01. The van der Waals surface area contributed by atoms with Gasteiger partial charge in [0.15, 0.2) is 0 Å². The van der Waals surface area contributed by atoms with Crippen LogP contribution < -0.4 is 34.0 Å². The van der Waals surface area contributed by atoms with E-state index in [1.54, 1.807) is 0 Å². The minimum atomic E-state index is -0.213. The van der Waals surface area contributed by atoms with Crippen LogP contribution in [0.25, 0.3) is 0 Å². The van der Waals surface area contributed by atoms with E-state index in [1.807, 2.05) is 0 Å². The van der Waals surface area contributed by atoms with Crippen molar-refractivity contribution in [3.05, 3.63) is 0 Å². The molecule has 0 aliphatic rings. The summed E-state index contributed by atoms with van der Waals surface area (Å²) in [6.07, 6.45) is 3.26. The molecular formula is C10H24N6O2. The lowest BCUT2D eigenvalue weighted by Gasteiger charge is -2.19. The summed E-state index contributed by atoms with van der Waals surface area (Å²) in [5, 5.41) is 0. The molecule has 0 aliphatic heterocycles. The van der Waals surface area contributed by atoms with Gasteiger partial charge in [0, 0.05) is 24.9 Å². The second kappa shape index (κ2) is 9.77. The predicted molar refractivity (Wildman–Crippen MR) is 68.3 cm³/mol. The molecule has 0 saturated carbocycles. The molecule has 0 spiro atoms. The smallest absolute Gasteiger partial charge is 0.233 e. The van der Waals surface area contributed by atoms with Gasteiger partial charge in [0.25, 0.3) is 0 Å². The SMILES string of the molecule is NNC(=O)CCCC(N)C(N)CCCC(=O)NN. The Kier molecular flexibility index (Phi) is 9.11. The molecule has 2 amide bonds. The van der Waals surface area contributed by atoms with E-state index in [2.05, 4.69) is 10.9 Å². The van der Waals surface area contributed by atoms with Crippen LogP contribution in [-0.4, -0.2) is 23.9 Å². The maximum atomic E-state index is 10.9. The number of rotatable bonds is 9. The van der Waals surface area contributed by atoms with Crippen molar-refractivity contribution < 1.29 is 9.59 Å². The predicted octanol–water partition coefficient (Wildman–Crippen LogP) is -2.04. The Labute approximate surface area is 107 Å². The molecule has 0 heterocycles. The maximum absolute atomic E-state index is 10.9. The van der Waals surface area contributed by atoms with Crippen molar-refractivity contribution in [1.82, 2.24) is 10.9 Å². The van der Waals surface area contributed by atoms with E-state index in [9.17, 15) is 9.59 Å². The van der Waals surface area contributed by atoms with E-state index < -0.39 is 0 Å². The van der Waals surface area contributed by atoms with Crippen molar-refractivity contribution >= 4 is 11.8 Å². The molecule has 0 rings (SSSR count). The van der Waals surface area contributed by atoms with E-state index in [0.29, 0.717) is 38.5 Å². The van der Waals surface area contributed by atoms with Gasteiger partial charge in [-0.3, -0.25) is 20.4 Å². The fourth-order valence-corrected chi connectivity index (χ4v) is 1.57. The Hall–Kier alpha value is -1.22. The number of hydrazine groups is 2. The minimum Gasteiger partial charge on any atom is -0.326 e. The number of amides is 2. The van der Waals surface area contributed by atoms with Gasteiger partial charge >= 0.3 is 0 Å². The van der Waals surface area contributed by atoms with Crippen LogP contribution in [0.3, 0.4) is 0 Å². The van der Waals surface area contributed by atoms with Crippen LogP contribution in [-0.2, 0) is 9.59 Å². The first-order valence-electron chi connectivity index (χ1n) is 6.01. The zero-order valence-corrected chi connectivity index (χ0v) is 10.5. The van der Waals surface area contributed by atoms with Crippen LogP contribution in [0.4, 0.5) is 0 Å². The van der Waals surface area contributed by atoms with Crippen molar-refractivity contribution in [3.8, 4) is 0 Å². The lowest BCUT2D eigenvalue weighted by atomic mass is 9.98. The van der Waals surface area contributed by atoms with Crippen LogP contribution in [0.1, 0.15) is 38.5 Å². The van der Waals surface area contributed by atoms with Gasteiger partial charge in [0.05, 0.1) is 0 Å². The van der Waals surface area contributed by atoms with Gasteiger partial charge in [-0.2, -0.15) is 0 Å². The Morgan fingerprint density at radius 2 is 1.17 bits per heavy atom. The van der Waals surface area contributed by atoms with Crippen molar-refractivity contribution in [2.24, 2.45) is 23.2 Å². The molecule has 0 aromatic rings. The monoisotopic (exact) mass is 260 g/mol. The summed E-state index contributed by atoms with van der Waals surface area (Å²) < 4.78 is 0. The largest absolute Gasteiger partial charge is 0.326 e. The summed E-state index contributed by atoms with van der Waals surface area (Å²) in [6.45, 7) is 0. The molecule has 0 aromatic heterocycles. The number of nitrogens with two attached hydrogens (primary N) is 4. The zero-order chi connectivity index (χ0) is 14.0. The van der Waals surface area contributed by atoms with Gasteiger partial charge in [0.1, 0.15) is 0 Å². The van der Waals surface area contributed by atoms with E-state index >= 15 is 0 Å². The summed E-state index contributed by atoms with van der Waals surface area (Å²) in [7, 11) is 0. The Morgan fingerprint density at radius 3 is 1.44 bits per heavy atom. The third-order valence-corrected chi connectivity index (χ3v) is 2.75. The number of carbonyl (C=O) groups is 2. The molecule has 8 heteroatoms. The Morgan fingerprint density at radius 1 is 0.833 bits per heavy atom. The van der Waals surface area contributed by atoms with Gasteiger partial charge in [-0.15, -0.1) is 0 Å². The highest BCUT2D eigenvalue weighted by atomic mass is 16.2. The lowest BCUT2D eigenvalue weighted by Crippen LogP contribution is -2.41. The van der Waals surface area contributed by atoms with Gasteiger partial charge in [-0.05, 0) is 25.7 Å². The van der Waals surface area contributed by atoms with Gasteiger partial charge in [0.2, 0.25) is 11.8 Å². The van der Waals surface area contributed by atoms with Crippen molar-refractivity contribution in [3.63, 3.8) is 0 Å². The average Bonchev–Trinajstić information content (AvgIpc) is 2.37. The summed E-state index contributed by atoms with van der Waals surface area (Å²) in [5.41, 5.74) is 15.9. The Balaban J connectivity index is 3.65. The van der Waals surface area contributed by atoms with Crippen LogP contribution in [0.5, 0.6) is 0 Å². The molecular weight excluding hydrogens is 236 g/mol. The highest BCUT2D eigenvalue weighted by Crippen LogP contribution is 2.07. The number of hydrogen-bond acceptors (Lipinski definition) is 6. The third kappa shape index (κ3) is 7.96. The van der Waals surface area contributed by atoms with Gasteiger partial charge in [-0.1, -0.05) is 0 Å². The molecule has 2 unspecified atom stereocenters. The quantitative estimate of drug-likeness (QED) is 0.159. The number of carbonyl (C=O) groups excluding carboxylic acids is 2. The summed E-state index contributed by atoms with van der Waals surface area (Å²) in [6, 6.07) is -0.368. The normalized spacial score (nSPS) is 13.8. The van der Waals surface area contributed by atoms with Gasteiger partial charge < -0.3 is 11.5 Å². The number of nitrogens with one attached hydrogen (secondary N) is 2. The van der Waals surface area contributed by atoms with Crippen molar-refractivity contribution in [2.45, 2.75) is 50.6 Å². The fourth-order valence-electron chi connectivity index (χ4n) is 1.57. The molecule has 0 fully saturated rings. The van der Waals surface area contributed by atoms with Crippen molar-refractivity contribution in [2.75, 3.05) is 0 Å². The molecule has 0 saturated heterocycles. The standard InChI is InChI=1S/C10H24N6O2/c11-7(3-1-5-9(17)15-13)8(12)4-2-6-10(18)16-14/h7-8H,1-6,11-14H2,(H,15,17)(H,16,18). The summed E-state index contributed by atoms with van der Waals surface area (Å²) in [5.74, 6) is 9.48. The molecule has 8 nitrogen and oxygen atoms in total. The molecule has 10 N–H and O–H groups in total. The average molecular weight is 260 g/mol. The van der Waals surface area contributed by atoms with Crippen LogP contribution in [0, 0.1) is 0 Å². The summed E-state index contributed by atoms with van der Waals surface area (Å²) in [4.78, 5) is 21.8. The molecule has 18 heavy (non-hydrogen) atoms. The molecule has 0 radical (unpaired) electrons.